The second kappa shape index (κ2) is 14.3. The average molecular weight is 563 g/mol. The van der Waals surface area contributed by atoms with Gasteiger partial charge in [0.05, 0.1) is 25.7 Å². The molecule has 3 aromatic rings. The molecule has 1 aliphatic rings. The molecule has 0 bridgehead atoms. The fourth-order valence-corrected chi connectivity index (χ4v) is 4.82. The van der Waals surface area contributed by atoms with Crippen molar-refractivity contribution in [2.75, 3.05) is 25.6 Å². The second-order valence-electron chi connectivity index (χ2n) is 9.83. The van der Waals surface area contributed by atoms with Crippen LogP contribution in [-0.4, -0.2) is 43.2 Å². The molecule has 0 aromatic heterocycles. The summed E-state index contributed by atoms with van der Waals surface area (Å²) in [4.78, 5) is 40.6. The van der Waals surface area contributed by atoms with Gasteiger partial charge in [0.1, 0.15) is 24.2 Å². The number of imide groups is 1. The number of unbranched alkanes of at least 4 members (excludes halogenated alkanes) is 1. The summed E-state index contributed by atoms with van der Waals surface area (Å²) in [7, 11) is 1.29. The maximum atomic E-state index is 14.3. The number of cyclic esters (lactones) is 1. The molecule has 0 saturated carbocycles. The van der Waals surface area contributed by atoms with Crippen molar-refractivity contribution in [3.63, 3.8) is 0 Å². The summed E-state index contributed by atoms with van der Waals surface area (Å²) in [6, 6.07) is 21.0. The Morgan fingerprint density at radius 3 is 2.41 bits per heavy atom. The highest BCUT2D eigenvalue weighted by Gasteiger charge is 2.44. The van der Waals surface area contributed by atoms with Crippen molar-refractivity contribution in [2.24, 2.45) is 5.92 Å². The number of hydrogen-bond acceptors (Lipinski definition) is 7. The third-order valence-corrected chi connectivity index (χ3v) is 7.07. The van der Waals surface area contributed by atoms with E-state index in [0.717, 1.165) is 28.9 Å². The first-order valence-corrected chi connectivity index (χ1v) is 13.8. The molecule has 41 heavy (non-hydrogen) atoms. The second-order valence-corrected chi connectivity index (χ2v) is 9.83. The molecule has 2 amide bonds. The molecule has 9 heteroatoms. The number of rotatable bonds is 13. The van der Waals surface area contributed by atoms with E-state index < -0.39 is 41.8 Å². The zero-order valence-electron chi connectivity index (χ0n) is 23.3. The summed E-state index contributed by atoms with van der Waals surface area (Å²) in [6.45, 7) is 2.70. The number of nitrogens with one attached hydrogen (secondary N) is 1. The van der Waals surface area contributed by atoms with Crippen LogP contribution in [0.1, 0.15) is 55.8 Å². The molecule has 216 valence electrons. The van der Waals surface area contributed by atoms with Crippen LogP contribution in [0.25, 0.3) is 0 Å². The van der Waals surface area contributed by atoms with Crippen LogP contribution in [0.4, 0.5) is 14.9 Å². The summed E-state index contributed by atoms with van der Waals surface area (Å²) in [5, 5.41) is 3.35. The monoisotopic (exact) mass is 562 g/mol. The Morgan fingerprint density at radius 1 is 1.05 bits per heavy atom. The van der Waals surface area contributed by atoms with Gasteiger partial charge in [0.15, 0.2) is 0 Å². The van der Waals surface area contributed by atoms with E-state index in [9.17, 15) is 18.8 Å². The van der Waals surface area contributed by atoms with Crippen molar-refractivity contribution in [3.8, 4) is 5.75 Å². The highest BCUT2D eigenvalue weighted by molar-refractivity contribution is 5.95. The molecular weight excluding hydrogens is 527 g/mol. The Hall–Kier alpha value is -4.40. The van der Waals surface area contributed by atoms with Crippen molar-refractivity contribution in [1.82, 2.24) is 4.90 Å². The van der Waals surface area contributed by atoms with Gasteiger partial charge in [-0.15, -0.1) is 0 Å². The average Bonchev–Trinajstić information content (AvgIpc) is 3.39. The van der Waals surface area contributed by atoms with Crippen molar-refractivity contribution in [3.05, 3.63) is 95.8 Å². The van der Waals surface area contributed by atoms with Gasteiger partial charge in [-0.1, -0.05) is 55.8 Å². The predicted molar refractivity (Wildman–Crippen MR) is 152 cm³/mol. The number of ether oxygens (including phenoxy) is 3. The van der Waals surface area contributed by atoms with Gasteiger partial charge in [-0.05, 0) is 60.4 Å². The van der Waals surface area contributed by atoms with E-state index in [0.29, 0.717) is 18.0 Å². The van der Waals surface area contributed by atoms with Gasteiger partial charge >= 0.3 is 12.1 Å². The minimum absolute atomic E-state index is 0.0260. The summed E-state index contributed by atoms with van der Waals surface area (Å²) in [6.07, 6.45) is 1.23. The molecule has 1 N–H and O–H groups in total. The van der Waals surface area contributed by atoms with Gasteiger partial charge in [0, 0.05) is 12.1 Å². The smallest absolute Gasteiger partial charge is 0.417 e. The SMILES string of the molecule is CCCCOc1ccc([C@@H](Nc2ccc(F)cc2)[C@@H](CCC(=O)OC)C(=O)N2C(=O)OC[C@H]2c2ccccc2)cc1. The van der Waals surface area contributed by atoms with Crippen LogP contribution < -0.4 is 10.1 Å². The fraction of sp³-hybridized carbons (Fsp3) is 0.344. The molecule has 3 atom stereocenters. The number of halogens is 1. The summed E-state index contributed by atoms with van der Waals surface area (Å²) in [5.74, 6) is -1.57. The summed E-state index contributed by atoms with van der Waals surface area (Å²) >= 11 is 0. The highest BCUT2D eigenvalue weighted by atomic mass is 19.1. The van der Waals surface area contributed by atoms with E-state index in [1.165, 1.54) is 19.2 Å². The summed E-state index contributed by atoms with van der Waals surface area (Å²) in [5.41, 5.74) is 2.05. The number of methoxy groups -OCH3 is 1. The first-order valence-electron chi connectivity index (χ1n) is 13.8. The Kier molecular flexibility index (Phi) is 10.3. The normalized spacial score (nSPS) is 16.0. The Balaban J connectivity index is 1.72. The number of carbonyl (C=O) groups is 3. The van der Waals surface area contributed by atoms with Gasteiger partial charge in [0.25, 0.3) is 0 Å². The topological polar surface area (TPSA) is 94.2 Å². The Bertz CT molecular complexity index is 1300. The lowest BCUT2D eigenvalue weighted by atomic mass is 9.87. The lowest BCUT2D eigenvalue weighted by Gasteiger charge is -2.32. The van der Waals surface area contributed by atoms with Crippen LogP contribution >= 0.6 is 0 Å². The summed E-state index contributed by atoms with van der Waals surface area (Å²) < 4.78 is 29.7. The molecule has 3 aromatic carbocycles. The van der Waals surface area contributed by atoms with Crippen LogP contribution in [0.3, 0.4) is 0 Å². The van der Waals surface area contributed by atoms with Crippen molar-refractivity contribution < 1.29 is 33.0 Å². The Morgan fingerprint density at radius 2 is 1.76 bits per heavy atom. The largest absolute Gasteiger partial charge is 0.494 e. The number of benzene rings is 3. The zero-order chi connectivity index (χ0) is 29.2. The molecule has 1 aliphatic heterocycles. The molecular formula is C32H35FN2O6. The fourth-order valence-electron chi connectivity index (χ4n) is 4.82. The highest BCUT2D eigenvalue weighted by Crippen LogP contribution is 2.37. The van der Waals surface area contributed by atoms with Crippen molar-refractivity contribution >= 4 is 23.7 Å². The zero-order valence-corrected chi connectivity index (χ0v) is 23.3. The molecule has 0 spiro atoms. The van der Waals surface area contributed by atoms with E-state index >= 15 is 0 Å². The molecule has 0 radical (unpaired) electrons. The van der Waals surface area contributed by atoms with E-state index in [1.807, 2.05) is 54.6 Å². The molecule has 1 heterocycles. The van der Waals surface area contributed by atoms with Crippen LogP contribution in [0.5, 0.6) is 5.75 Å². The van der Waals surface area contributed by atoms with Crippen LogP contribution in [0.2, 0.25) is 0 Å². The predicted octanol–water partition coefficient (Wildman–Crippen LogP) is 6.45. The van der Waals surface area contributed by atoms with Crippen molar-refractivity contribution in [1.29, 1.82) is 0 Å². The molecule has 0 unspecified atom stereocenters. The third kappa shape index (κ3) is 7.63. The molecule has 8 nitrogen and oxygen atoms in total. The first-order chi connectivity index (χ1) is 19.9. The maximum absolute atomic E-state index is 14.3. The van der Waals surface area contributed by atoms with Gasteiger partial charge in [-0.25, -0.2) is 14.1 Å². The molecule has 1 saturated heterocycles. The number of esters is 1. The standard InChI is InChI=1S/C32H35FN2O6/c1-3-4-20-40-26-16-10-23(11-17-26)30(34-25-14-12-24(33)13-15-25)27(18-19-29(36)39-2)31(37)35-28(21-41-32(35)38)22-8-6-5-7-9-22/h5-17,27-28,30,34H,3-4,18-21H2,1-2H3/t27-,28+,30-/m1/s1. The number of amides is 2. The number of hydrogen-bond donors (Lipinski definition) is 1. The van der Waals surface area contributed by atoms with Gasteiger partial charge in [-0.2, -0.15) is 0 Å². The first kappa shape index (κ1) is 29.6. The van der Waals surface area contributed by atoms with Crippen molar-refractivity contribution in [2.45, 2.75) is 44.7 Å². The Labute approximate surface area is 239 Å². The van der Waals surface area contributed by atoms with Crippen LogP contribution in [0, 0.1) is 11.7 Å². The van der Waals surface area contributed by atoms with E-state index in [4.69, 9.17) is 14.2 Å². The number of carbonyl (C=O) groups excluding carboxylic acids is 3. The lowest BCUT2D eigenvalue weighted by molar-refractivity contribution is -0.141. The van der Waals surface area contributed by atoms with Gasteiger partial charge in [0.2, 0.25) is 5.91 Å². The third-order valence-electron chi connectivity index (χ3n) is 7.07. The van der Waals surface area contributed by atoms with E-state index in [1.54, 1.807) is 12.1 Å². The minimum atomic E-state index is -0.886. The maximum Gasteiger partial charge on any atom is 0.417 e. The van der Waals surface area contributed by atoms with Gasteiger partial charge in [-0.3, -0.25) is 9.59 Å². The minimum Gasteiger partial charge on any atom is -0.494 e. The molecule has 0 aliphatic carbocycles. The molecule has 1 fully saturated rings. The lowest BCUT2D eigenvalue weighted by Crippen LogP contribution is -2.42. The van der Waals surface area contributed by atoms with E-state index in [2.05, 4.69) is 12.2 Å². The number of nitrogens with zero attached hydrogens (tertiary/aromatic N) is 1. The number of anilines is 1. The van der Waals surface area contributed by atoms with E-state index in [-0.39, 0.29) is 19.4 Å². The van der Waals surface area contributed by atoms with Crippen LogP contribution in [0.15, 0.2) is 78.9 Å². The molecule has 4 rings (SSSR count). The van der Waals surface area contributed by atoms with Gasteiger partial charge < -0.3 is 19.5 Å². The quantitative estimate of drug-likeness (QED) is 0.189. The van der Waals surface area contributed by atoms with Crippen LogP contribution in [-0.2, 0) is 19.1 Å².